The van der Waals surface area contributed by atoms with Crippen molar-refractivity contribution in [3.63, 3.8) is 0 Å². The molecule has 1 aliphatic rings. The lowest BCUT2D eigenvalue weighted by atomic mass is 9.92. The zero-order valence-corrected chi connectivity index (χ0v) is 11.5. The molecule has 3 rings (SSSR count). The minimum absolute atomic E-state index is 0.356. The van der Waals surface area contributed by atoms with Crippen molar-refractivity contribution in [3.8, 4) is 0 Å². The minimum atomic E-state index is 0.356. The molecule has 96 valence electrons. The Labute approximate surface area is 112 Å². The molecule has 3 nitrogen and oxygen atoms in total. The third-order valence-electron chi connectivity index (χ3n) is 3.93. The average Bonchev–Trinajstić information content (AvgIpc) is 2.68. The van der Waals surface area contributed by atoms with Gasteiger partial charge in [0.25, 0.3) is 0 Å². The molecule has 1 N–H and O–H groups in total. The Bertz CT molecular complexity index is 576. The van der Waals surface area contributed by atoms with Gasteiger partial charge in [-0.25, -0.2) is 4.98 Å². The molecule has 2 unspecified atom stereocenters. The summed E-state index contributed by atoms with van der Waals surface area (Å²) in [5.41, 5.74) is 2.13. The van der Waals surface area contributed by atoms with Crippen LogP contribution in [0, 0.1) is 5.92 Å². The Kier molecular flexibility index (Phi) is 3.04. The summed E-state index contributed by atoms with van der Waals surface area (Å²) in [6, 6.07) is 6.24. The van der Waals surface area contributed by atoms with Gasteiger partial charge in [0, 0.05) is 12.1 Å². The molecule has 2 heterocycles. The first kappa shape index (κ1) is 12.0. The van der Waals surface area contributed by atoms with Crippen molar-refractivity contribution < 1.29 is 0 Å². The fraction of sp³-hybridized carbons (Fsp3) is 0.500. The van der Waals surface area contributed by atoms with E-state index in [1.165, 1.54) is 12.8 Å². The van der Waals surface area contributed by atoms with Gasteiger partial charge in [-0.15, -0.1) is 0 Å². The number of benzene rings is 1. The molecule has 4 heteroatoms. The van der Waals surface area contributed by atoms with Gasteiger partial charge in [0.2, 0.25) is 0 Å². The highest BCUT2D eigenvalue weighted by Crippen LogP contribution is 2.30. The van der Waals surface area contributed by atoms with Gasteiger partial charge in [-0.2, -0.15) is 0 Å². The first-order chi connectivity index (χ1) is 8.66. The predicted octanol–water partition coefficient (Wildman–Crippen LogP) is 3.29. The van der Waals surface area contributed by atoms with E-state index in [0.717, 1.165) is 28.4 Å². The van der Waals surface area contributed by atoms with E-state index < -0.39 is 0 Å². The zero-order valence-electron chi connectivity index (χ0n) is 10.8. The number of imidazole rings is 1. The summed E-state index contributed by atoms with van der Waals surface area (Å²) in [6.07, 6.45) is 2.52. The number of piperidine rings is 1. The van der Waals surface area contributed by atoms with Gasteiger partial charge in [-0.3, -0.25) is 0 Å². The molecule has 1 saturated heterocycles. The molecule has 1 fully saturated rings. The summed E-state index contributed by atoms with van der Waals surface area (Å²) in [6.45, 7) is 3.38. The molecule has 0 aliphatic carbocycles. The summed E-state index contributed by atoms with van der Waals surface area (Å²) in [5, 5.41) is 4.35. The number of aryl methyl sites for hydroxylation is 1. The van der Waals surface area contributed by atoms with Crippen molar-refractivity contribution in [2.45, 2.75) is 25.8 Å². The van der Waals surface area contributed by atoms with Crippen molar-refractivity contribution in [1.29, 1.82) is 0 Å². The Morgan fingerprint density at radius 1 is 1.44 bits per heavy atom. The molecule has 0 spiro atoms. The summed E-state index contributed by atoms with van der Waals surface area (Å²) < 4.78 is 2.17. The second-order valence-electron chi connectivity index (χ2n) is 5.21. The molecule has 0 radical (unpaired) electrons. The second-order valence-corrected chi connectivity index (χ2v) is 5.65. The quantitative estimate of drug-likeness (QED) is 0.856. The van der Waals surface area contributed by atoms with Crippen LogP contribution < -0.4 is 5.32 Å². The number of aromatic nitrogens is 2. The van der Waals surface area contributed by atoms with Crippen molar-refractivity contribution in [2.24, 2.45) is 13.0 Å². The number of halogens is 1. The maximum absolute atomic E-state index is 6.06. The van der Waals surface area contributed by atoms with E-state index in [2.05, 4.69) is 23.9 Å². The number of nitrogens with one attached hydrogen (secondary N) is 1. The van der Waals surface area contributed by atoms with E-state index in [-0.39, 0.29) is 0 Å². The Morgan fingerprint density at radius 2 is 2.28 bits per heavy atom. The second kappa shape index (κ2) is 4.56. The van der Waals surface area contributed by atoms with Crippen LogP contribution >= 0.6 is 11.6 Å². The molecule has 1 aliphatic heterocycles. The van der Waals surface area contributed by atoms with E-state index >= 15 is 0 Å². The van der Waals surface area contributed by atoms with E-state index in [1.54, 1.807) is 0 Å². The van der Waals surface area contributed by atoms with Crippen molar-refractivity contribution in [2.75, 3.05) is 6.54 Å². The number of fused-ring (bicyclic) bond motifs is 1. The average molecular weight is 264 g/mol. The monoisotopic (exact) mass is 263 g/mol. The van der Waals surface area contributed by atoms with Crippen LogP contribution in [-0.2, 0) is 7.05 Å². The van der Waals surface area contributed by atoms with Gasteiger partial charge in [-0.05, 0) is 43.5 Å². The maximum atomic E-state index is 6.06. The summed E-state index contributed by atoms with van der Waals surface area (Å²) in [5.74, 6) is 1.75. The molecule has 2 atom stereocenters. The lowest BCUT2D eigenvalue weighted by molar-refractivity contribution is 0.291. The predicted molar refractivity (Wildman–Crippen MR) is 74.9 cm³/mol. The number of rotatable bonds is 1. The SMILES string of the molecule is CC1CCCNC1c1nc2ccc(Cl)cc2n1C. The summed E-state index contributed by atoms with van der Waals surface area (Å²) in [7, 11) is 2.07. The molecular formula is C14H18ClN3. The molecule has 0 saturated carbocycles. The van der Waals surface area contributed by atoms with Gasteiger partial charge in [0.05, 0.1) is 17.1 Å². The van der Waals surface area contributed by atoms with Crippen LogP contribution in [0.25, 0.3) is 11.0 Å². The number of hydrogen-bond acceptors (Lipinski definition) is 2. The van der Waals surface area contributed by atoms with Gasteiger partial charge < -0.3 is 9.88 Å². The molecule has 0 amide bonds. The summed E-state index contributed by atoms with van der Waals surface area (Å²) in [4.78, 5) is 4.77. The van der Waals surface area contributed by atoms with Crippen molar-refractivity contribution >= 4 is 22.6 Å². The van der Waals surface area contributed by atoms with Gasteiger partial charge in [-0.1, -0.05) is 18.5 Å². The lowest BCUT2D eigenvalue weighted by Crippen LogP contribution is -2.34. The Morgan fingerprint density at radius 3 is 3.06 bits per heavy atom. The third-order valence-corrected chi connectivity index (χ3v) is 4.16. The van der Waals surface area contributed by atoms with Crippen LogP contribution in [-0.4, -0.2) is 16.1 Å². The minimum Gasteiger partial charge on any atom is -0.330 e. The molecule has 18 heavy (non-hydrogen) atoms. The largest absolute Gasteiger partial charge is 0.330 e. The topological polar surface area (TPSA) is 29.9 Å². The van der Waals surface area contributed by atoms with Crippen LogP contribution in [0.2, 0.25) is 5.02 Å². The normalized spacial score (nSPS) is 24.6. The highest BCUT2D eigenvalue weighted by atomic mass is 35.5. The maximum Gasteiger partial charge on any atom is 0.127 e. The standard InChI is InChI=1S/C14H18ClN3/c1-9-4-3-7-16-13(9)14-17-11-6-5-10(15)8-12(11)18(14)2/h5-6,8-9,13,16H,3-4,7H2,1-2H3. The van der Waals surface area contributed by atoms with Crippen molar-refractivity contribution in [1.82, 2.24) is 14.9 Å². The molecule has 1 aromatic carbocycles. The summed E-state index contributed by atoms with van der Waals surface area (Å²) >= 11 is 6.06. The highest BCUT2D eigenvalue weighted by molar-refractivity contribution is 6.31. The highest BCUT2D eigenvalue weighted by Gasteiger charge is 2.26. The first-order valence-electron chi connectivity index (χ1n) is 6.52. The van der Waals surface area contributed by atoms with Gasteiger partial charge in [0.1, 0.15) is 5.82 Å². The number of hydrogen-bond donors (Lipinski definition) is 1. The van der Waals surface area contributed by atoms with E-state index in [0.29, 0.717) is 12.0 Å². The van der Waals surface area contributed by atoms with E-state index in [1.807, 2.05) is 18.2 Å². The first-order valence-corrected chi connectivity index (χ1v) is 6.90. The lowest BCUT2D eigenvalue weighted by Gasteiger charge is -2.29. The fourth-order valence-electron chi connectivity index (χ4n) is 2.85. The Balaban J connectivity index is 2.08. The van der Waals surface area contributed by atoms with Crippen LogP contribution in [0.5, 0.6) is 0 Å². The van der Waals surface area contributed by atoms with E-state index in [4.69, 9.17) is 16.6 Å². The van der Waals surface area contributed by atoms with Crippen LogP contribution in [0.4, 0.5) is 0 Å². The van der Waals surface area contributed by atoms with Crippen LogP contribution in [0.15, 0.2) is 18.2 Å². The zero-order chi connectivity index (χ0) is 12.7. The van der Waals surface area contributed by atoms with Crippen LogP contribution in [0.1, 0.15) is 31.6 Å². The molecule has 1 aromatic heterocycles. The van der Waals surface area contributed by atoms with E-state index in [9.17, 15) is 0 Å². The molecule has 2 aromatic rings. The smallest absolute Gasteiger partial charge is 0.127 e. The fourth-order valence-corrected chi connectivity index (χ4v) is 3.02. The number of nitrogens with zero attached hydrogens (tertiary/aromatic N) is 2. The van der Waals surface area contributed by atoms with Gasteiger partial charge in [0.15, 0.2) is 0 Å². The molecule has 0 bridgehead atoms. The van der Waals surface area contributed by atoms with Crippen LogP contribution in [0.3, 0.4) is 0 Å². The van der Waals surface area contributed by atoms with Gasteiger partial charge >= 0.3 is 0 Å². The molecular weight excluding hydrogens is 246 g/mol. The Hall–Kier alpha value is -1.06. The van der Waals surface area contributed by atoms with Crippen molar-refractivity contribution in [3.05, 3.63) is 29.0 Å². The third kappa shape index (κ3) is 1.91.